The fourth-order valence-corrected chi connectivity index (χ4v) is 6.87. The first-order valence-corrected chi connectivity index (χ1v) is 10.6. The maximum Gasteiger partial charge on any atom is 0.327 e. The van der Waals surface area contributed by atoms with E-state index in [9.17, 15) is 19.5 Å². The second-order valence-corrected chi connectivity index (χ2v) is 9.69. The number of nitrogens with zero attached hydrogens (tertiary/aromatic N) is 1. The summed E-state index contributed by atoms with van der Waals surface area (Å²) in [5.41, 5.74) is 4.04. The largest absolute Gasteiger partial charge is 0.480 e. The topological polar surface area (TPSA) is 74.7 Å². The highest BCUT2D eigenvalue weighted by Crippen LogP contribution is 2.66. The number of carboxylic acids is 1. The fourth-order valence-electron chi connectivity index (χ4n) is 5.67. The summed E-state index contributed by atoms with van der Waals surface area (Å²) in [7, 11) is 0. The van der Waals surface area contributed by atoms with Gasteiger partial charge in [0.25, 0.3) is 0 Å². The number of carbonyl (C=O) groups excluding carboxylic acids is 2. The van der Waals surface area contributed by atoms with E-state index in [1.807, 2.05) is 48.5 Å². The summed E-state index contributed by atoms with van der Waals surface area (Å²) >= 11 is 3.91. The molecule has 4 aliphatic rings. The SMILES string of the molecule is CC(C)C(C(=O)O)N1C(=O)C2C3c4ccccc4C(Br)(c4ccccc43)C2C1=O. The molecule has 29 heavy (non-hydrogen) atoms. The highest BCUT2D eigenvalue weighted by molar-refractivity contribution is 9.09. The summed E-state index contributed by atoms with van der Waals surface area (Å²) in [5.74, 6) is -3.82. The van der Waals surface area contributed by atoms with Gasteiger partial charge in [0.15, 0.2) is 0 Å². The summed E-state index contributed by atoms with van der Waals surface area (Å²) in [6, 6.07) is 14.6. The Morgan fingerprint density at radius 2 is 1.52 bits per heavy atom. The Bertz CT molecular complexity index is 1030. The lowest BCUT2D eigenvalue weighted by atomic mass is 9.55. The van der Waals surface area contributed by atoms with Gasteiger partial charge in [0.05, 0.1) is 16.2 Å². The summed E-state index contributed by atoms with van der Waals surface area (Å²) in [6.45, 7) is 3.45. The Hall–Kier alpha value is -2.47. The van der Waals surface area contributed by atoms with Crippen molar-refractivity contribution in [3.8, 4) is 0 Å². The number of likely N-dealkylation sites (tertiary alicyclic amines) is 1. The lowest BCUT2D eigenvalue weighted by Crippen LogP contribution is -2.50. The summed E-state index contributed by atoms with van der Waals surface area (Å²) in [5, 5.41) is 9.77. The van der Waals surface area contributed by atoms with Crippen molar-refractivity contribution in [1.82, 2.24) is 4.90 Å². The van der Waals surface area contributed by atoms with Crippen LogP contribution in [-0.2, 0) is 18.7 Å². The molecule has 2 aromatic rings. The van der Waals surface area contributed by atoms with Crippen LogP contribution in [0.4, 0.5) is 0 Å². The predicted octanol–water partition coefficient (Wildman–Crippen LogP) is 3.49. The highest BCUT2D eigenvalue weighted by atomic mass is 79.9. The molecule has 2 amide bonds. The Morgan fingerprint density at radius 1 is 1.00 bits per heavy atom. The summed E-state index contributed by atoms with van der Waals surface area (Å²) < 4.78 is -0.846. The minimum Gasteiger partial charge on any atom is -0.480 e. The molecule has 6 heteroatoms. The van der Waals surface area contributed by atoms with Crippen LogP contribution in [-0.4, -0.2) is 33.8 Å². The van der Waals surface area contributed by atoms with Gasteiger partial charge >= 0.3 is 5.97 Å². The standard InChI is InChI=1S/C23H20BrNO4/c1-11(2)19(22(28)29)25-20(26)17-16-12-7-3-5-9-14(12)23(24,18(17)21(25)27)15-10-6-4-8-13(15)16/h3-11,16-19H,1-2H3,(H,28,29). The maximum absolute atomic E-state index is 13.6. The van der Waals surface area contributed by atoms with E-state index in [2.05, 4.69) is 15.9 Å². The van der Waals surface area contributed by atoms with E-state index in [1.165, 1.54) is 0 Å². The summed E-state index contributed by atoms with van der Waals surface area (Å²) in [6.07, 6.45) is 0. The first kappa shape index (κ1) is 18.6. The Kier molecular flexibility index (Phi) is 3.85. The van der Waals surface area contributed by atoms with E-state index in [1.54, 1.807) is 13.8 Å². The van der Waals surface area contributed by atoms with Gasteiger partial charge in [-0.1, -0.05) is 78.3 Å². The molecule has 1 fully saturated rings. The van der Waals surface area contributed by atoms with Gasteiger partial charge < -0.3 is 5.11 Å². The van der Waals surface area contributed by atoms with E-state index >= 15 is 0 Å². The van der Waals surface area contributed by atoms with Crippen molar-refractivity contribution in [2.45, 2.75) is 30.1 Å². The van der Waals surface area contributed by atoms with Crippen LogP contribution in [0.15, 0.2) is 48.5 Å². The van der Waals surface area contributed by atoms with Crippen molar-refractivity contribution in [2.75, 3.05) is 0 Å². The third kappa shape index (κ3) is 2.13. The Morgan fingerprint density at radius 3 is 2.00 bits per heavy atom. The first-order valence-electron chi connectivity index (χ1n) is 9.77. The molecular formula is C23H20BrNO4. The van der Waals surface area contributed by atoms with Gasteiger partial charge in [-0.2, -0.15) is 0 Å². The molecule has 1 aliphatic heterocycles. The van der Waals surface area contributed by atoms with Gasteiger partial charge in [-0.05, 0) is 28.2 Å². The lowest BCUT2D eigenvalue weighted by Gasteiger charge is -2.51. The molecule has 1 heterocycles. The van der Waals surface area contributed by atoms with Gasteiger partial charge in [0.1, 0.15) is 6.04 Å². The molecule has 0 aromatic heterocycles. The first-order chi connectivity index (χ1) is 13.8. The zero-order valence-electron chi connectivity index (χ0n) is 16.0. The maximum atomic E-state index is 13.6. The number of hydrogen-bond donors (Lipinski definition) is 1. The normalized spacial score (nSPS) is 30.2. The number of aliphatic carboxylic acids is 1. The van der Waals surface area contributed by atoms with Gasteiger partial charge in [0.2, 0.25) is 11.8 Å². The number of hydrogen-bond acceptors (Lipinski definition) is 3. The number of carboxylic acid groups (broad SMARTS) is 1. The molecule has 148 valence electrons. The second-order valence-electron chi connectivity index (χ2n) is 8.44. The smallest absolute Gasteiger partial charge is 0.327 e. The van der Waals surface area contributed by atoms with Crippen LogP contribution in [0.3, 0.4) is 0 Å². The van der Waals surface area contributed by atoms with Crippen molar-refractivity contribution < 1.29 is 19.5 Å². The number of rotatable bonds is 3. The molecule has 1 saturated heterocycles. The van der Waals surface area contributed by atoms with Crippen molar-refractivity contribution in [3.63, 3.8) is 0 Å². The highest BCUT2D eigenvalue weighted by Gasteiger charge is 2.68. The second kappa shape index (κ2) is 6.02. The van der Waals surface area contributed by atoms with Crippen LogP contribution in [0.25, 0.3) is 0 Å². The molecule has 2 aromatic carbocycles. The molecule has 3 aliphatic carbocycles. The minimum absolute atomic E-state index is 0.255. The lowest BCUT2D eigenvalue weighted by molar-refractivity contribution is -0.157. The number of amides is 2. The Labute approximate surface area is 176 Å². The molecule has 3 atom stereocenters. The van der Waals surface area contributed by atoms with Crippen molar-refractivity contribution >= 4 is 33.7 Å². The minimum atomic E-state index is -1.16. The third-order valence-corrected chi connectivity index (χ3v) is 8.06. The van der Waals surface area contributed by atoms with E-state index in [-0.39, 0.29) is 17.7 Å². The van der Waals surface area contributed by atoms with E-state index in [4.69, 9.17) is 0 Å². The van der Waals surface area contributed by atoms with Gasteiger partial charge in [-0.15, -0.1) is 0 Å². The molecule has 0 saturated carbocycles. The molecular weight excluding hydrogens is 434 g/mol. The van der Waals surface area contributed by atoms with Gasteiger partial charge in [0, 0.05) is 5.92 Å². The van der Waals surface area contributed by atoms with Crippen LogP contribution in [0.5, 0.6) is 0 Å². The average molecular weight is 454 g/mol. The van der Waals surface area contributed by atoms with Gasteiger partial charge in [-0.3, -0.25) is 14.5 Å². The molecule has 0 spiro atoms. The van der Waals surface area contributed by atoms with Gasteiger partial charge in [-0.25, -0.2) is 4.79 Å². The molecule has 3 unspecified atom stereocenters. The van der Waals surface area contributed by atoms with Crippen molar-refractivity contribution in [1.29, 1.82) is 0 Å². The monoisotopic (exact) mass is 453 g/mol. The quantitative estimate of drug-likeness (QED) is 0.569. The third-order valence-electron chi connectivity index (χ3n) is 6.71. The number of carbonyl (C=O) groups is 3. The molecule has 6 rings (SSSR count). The summed E-state index contributed by atoms with van der Waals surface area (Å²) in [4.78, 5) is 40.2. The number of imide groups is 1. The fraction of sp³-hybridized carbons (Fsp3) is 0.348. The van der Waals surface area contributed by atoms with E-state index in [0.717, 1.165) is 27.2 Å². The van der Waals surface area contributed by atoms with Crippen LogP contribution in [0, 0.1) is 17.8 Å². The zero-order valence-corrected chi connectivity index (χ0v) is 17.6. The van der Waals surface area contributed by atoms with Crippen molar-refractivity contribution in [2.24, 2.45) is 17.8 Å². The van der Waals surface area contributed by atoms with E-state index in [0.29, 0.717) is 0 Å². The molecule has 0 radical (unpaired) electrons. The number of benzene rings is 2. The number of alkyl halides is 1. The van der Waals surface area contributed by atoms with E-state index < -0.39 is 34.1 Å². The molecule has 5 nitrogen and oxygen atoms in total. The van der Waals surface area contributed by atoms with Crippen LogP contribution in [0.2, 0.25) is 0 Å². The molecule has 1 N–H and O–H groups in total. The Balaban J connectivity index is 1.77. The zero-order chi connectivity index (χ0) is 20.7. The number of halogens is 1. The molecule has 2 bridgehead atoms. The van der Waals surface area contributed by atoms with Crippen LogP contribution < -0.4 is 0 Å². The average Bonchev–Trinajstić information content (AvgIpc) is 2.95. The van der Waals surface area contributed by atoms with Crippen LogP contribution >= 0.6 is 15.9 Å². The van der Waals surface area contributed by atoms with Crippen LogP contribution in [0.1, 0.15) is 42.0 Å². The van der Waals surface area contributed by atoms with Crippen molar-refractivity contribution in [3.05, 3.63) is 70.8 Å². The predicted molar refractivity (Wildman–Crippen MR) is 110 cm³/mol.